The highest BCUT2D eigenvalue weighted by atomic mass is 32.2. The second kappa shape index (κ2) is 3.74. The third kappa shape index (κ3) is 1.80. The van der Waals surface area contributed by atoms with Crippen LogP contribution in [0.25, 0.3) is 0 Å². The van der Waals surface area contributed by atoms with Crippen molar-refractivity contribution in [2.24, 2.45) is 4.99 Å². The van der Waals surface area contributed by atoms with Gasteiger partial charge in [-0.2, -0.15) is 0 Å². The zero-order chi connectivity index (χ0) is 11.0. The first-order valence-electron chi connectivity index (χ1n) is 4.07. The van der Waals surface area contributed by atoms with E-state index < -0.39 is 17.8 Å². The largest absolute Gasteiger partial charge is 0.480 e. The number of nitrogens with zero attached hydrogens (tertiary/aromatic N) is 2. The summed E-state index contributed by atoms with van der Waals surface area (Å²) in [5.74, 6) is -1.40. The Bertz CT molecular complexity index is 416. The predicted molar refractivity (Wildman–Crippen MR) is 59.9 cm³/mol. The maximum Gasteiger partial charge on any atom is 0.323 e. The molecule has 1 atom stereocenters. The number of hydrogen-bond donors (Lipinski definition) is 1. The molecule has 0 saturated heterocycles. The average Bonchev–Trinajstić information content (AvgIpc) is 2.59. The lowest BCUT2D eigenvalue weighted by Crippen LogP contribution is -2.48. The van der Waals surface area contributed by atoms with Crippen molar-refractivity contribution in [2.75, 3.05) is 6.54 Å². The molecule has 2 rings (SSSR count). The fraction of sp³-hybridized carbons (Fsp3) is 0.250. The van der Waals surface area contributed by atoms with Crippen LogP contribution in [0.1, 0.15) is 0 Å². The van der Waals surface area contributed by atoms with Crippen LogP contribution in [0.3, 0.4) is 0 Å². The van der Waals surface area contributed by atoms with Crippen LogP contribution in [0.4, 0.5) is 0 Å². The van der Waals surface area contributed by atoms with Crippen LogP contribution in [0.5, 0.6) is 0 Å². The van der Waals surface area contributed by atoms with Crippen molar-refractivity contribution in [1.82, 2.24) is 4.90 Å². The average molecular weight is 242 g/mol. The van der Waals surface area contributed by atoms with Crippen molar-refractivity contribution >= 4 is 46.7 Å². The lowest BCUT2D eigenvalue weighted by atomic mass is 10.2. The summed E-state index contributed by atoms with van der Waals surface area (Å²) < 4.78 is 0. The van der Waals surface area contributed by atoms with Crippen molar-refractivity contribution in [2.45, 2.75) is 5.25 Å². The molecule has 5 nitrogen and oxygen atoms in total. The first-order chi connectivity index (χ1) is 7.09. The van der Waals surface area contributed by atoms with E-state index in [0.717, 1.165) is 4.90 Å². The van der Waals surface area contributed by atoms with Gasteiger partial charge in [0.1, 0.15) is 11.8 Å². The smallest absolute Gasteiger partial charge is 0.323 e. The number of thioether (sulfide) groups is 1. The van der Waals surface area contributed by atoms with Crippen LogP contribution in [-0.2, 0) is 9.59 Å². The summed E-state index contributed by atoms with van der Waals surface area (Å²) in [7, 11) is 0. The van der Waals surface area contributed by atoms with Gasteiger partial charge in [0.15, 0.2) is 0 Å². The van der Waals surface area contributed by atoms with E-state index in [1.807, 2.05) is 0 Å². The molecule has 78 valence electrons. The summed E-state index contributed by atoms with van der Waals surface area (Å²) in [5.41, 5.74) is 0.608. The molecule has 0 aromatic rings. The Morgan fingerprint density at radius 1 is 1.73 bits per heavy atom. The Labute approximate surface area is 94.8 Å². The first kappa shape index (κ1) is 10.3. The molecule has 1 unspecified atom stereocenters. The van der Waals surface area contributed by atoms with E-state index >= 15 is 0 Å². The normalized spacial score (nSPS) is 24.1. The van der Waals surface area contributed by atoms with Gasteiger partial charge >= 0.3 is 5.97 Å². The number of thiocarbonyl (C=S) groups is 1. The van der Waals surface area contributed by atoms with E-state index in [-0.39, 0.29) is 11.0 Å². The van der Waals surface area contributed by atoms with E-state index in [1.165, 1.54) is 11.8 Å². The van der Waals surface area contributed by atoms with Crippen LogP contribution in [0.2, 0.25) is 0 Å². The number of carboxylic acids is 1. The molecule has 2 aliphatic rings. The number of rotatable bonds is 2. The van der Waals surface area contributed by atoms with Crippen LogP contribution in [-0.4, -0.2) is 44.5 Å². The first-order valence-corrected chi connectivity index (χ1v) is 5.42. The zero-order valence-corrected chi connectivity index (χ0v) is 9.05. The Hall–Kier alpha value is -1.21. The second-order valence-corrected chi connectivity index (χ2v) is 4.34. The lowest BCUT2D eigenvalue weighted by molar-refractivity contribution is -0.141. The van der Waals surface area contributed by atoms with E-state index in [1.54, 1.807) is 11.5 Å². The van der Waals surface area contributed by atoms with Gasteiger partial charge in [0.25, 0.3) is 0 Å². The van der Waals surface area contributed by atoms with Gasteiger partial charge in [0.2, 0.25) is 11.0 Å². The molecule has 0 spiro atoms. The van der Waals surface area contributed by atoms with Crippen LogP contribution in [0, 0.1) is 0 Å². The van der Waals surface area contributed by atoms with Gasteiger partial charge in [-0.15, -0.1) is 11.8 Å². The summed E-state index contributed by atoms with van der Waals surface area (Å²) in [6.45, 7) is -0.425. The highest BCUT2D eigenvalue weighted by Gasteiger charge is 2.37. The summed E-state index contributed by atoms with van der Waals surface area (Å²) in [6.07, 6.45) is 1.72. The summed E-state index contributed by atoms with van der Waals surface area (Å²) in [4.78, 5) is 27.3. The molecule has 0 aliphatic carbocycles. The lowest BCUT2D eigenvalue weighted by Gasteiger charge is -2.26. The fourth-order valence-electron chi connectivity index (χ4n) is 1.31. The van der Waals surface area contributed by atoms with Crippen molar-refractivity contribution < 1.29 is 14.7 Å². The van der Waals surface area contributed by atoms with Crippen molar-refractivity contribution in [3.8, 4) is 0 Å². The minimum Gasteiger partial charge on any atom is -0.480 e. The molecular weight excluding hydrogens is 236 g/mol. The standard InChI is InChI=1S/C8H6N2O3S2/c11-5(12)3-10-7(13)6-4(1-2-15-6)9-8(10)14/h1-2,6H,3H2,(H,11,12). The van der Waals surface area contributed by atoms with Gasteiger partial charge < -0.3 is 5.11 Å². The molecule has 0 radical (unpaired) electrons. The number of allylic oxidation sites excluding steroid dienone is 1. The van der Waals surface area contributed by atoms with Gasteiger partial charge in [-0.1, -0.05) is 0 Å². The van der Waals surface area contributed by atoms with Gasteiger partial charge in [-0.25, -0.2) is 4.99 Å². The SMILES string of the molecule is O=C(O)CN1C(=O)C2SC=CC2=NC1=S. The maximum atomic E-state index is 11.8. The maximum absolute atomic E-state index is 11.8. The van der Waals surface area contributed by atoms with E-state index in [4.69, 9.17) is 17.3 Å². The highest BCUT2D eigenvalue weighted by Crippen LogP contribution is 2.27. The fourth-order valence-corrected chi connectivity index (χ4v) is 2.46. The third-order valence-corrected chi connectivity index (χ3v) is 3.28. The Kier molecular flexibility index (Phi) is 2.57. The summed E-state index contributed by atoms with van der Waals surface area (Å²) >= 11 is 6.17. The Balaban J connectivity index is 2.27. The minimum atomic E-state index is -1.10. The molecule has 1 N–H and O–H groups in total. The predicted octanol–water partition coefficient (Wildman–Crippen LogP) is 0.268. The number of carboxylic acid groups (broad SMARTS) is 1. The number of hydrogen-bond acceptors (Lipinski definition) is 4. The zero-order valence-electron chi connectivity index (χ0n) is 7.41. The van der Waals surface area contributed by atoms with Gasteiger partial charge in [-0.05, 0) is 23.7 Å². The molecule has 0 aromatic heterocycles. The Morgan fingerprint density at radius 3 is 3.13 bits per heavy atom. The number of fused-ring (bicyclic) bond motifs is 1. The van der Waals surface area contributed by atoms with Gasteiger partial charge in [-0.3, -0.25) is 14.5 Å². The van der Waals surface area contributed by atoms with Gasteiger partial charge in [0.05, 0.1) is 5.71 Å². The number of amides is 1. The topological polar surface area (TPSA) is 70.0 Å². The molecule has 2 heterocycles. The van der Waals surface area contributed by atoms with E-state index in [9.17, 15) is 9.59 Å². The van der Waals surface area contributed by atoms with Crippen molar-refractivity contribution in [3.05, 3.63) is 11.5 Å². The molecule has 7 heteroatoms. The molecular formula is C8H6N2O3S2. The number of aliphatic imine (C=N–C) groups is 1. The molecule has 15 heavy (non-hydrogen) atoms. The van der Waals surface area contributed by atoms with Crippen LogP contribution >= 0.6 is 24.0 Å². The summed E-state index contributed by atoms with van der Waals surface area (Å²) in [6, 6.07) is 0. The second-order valence-electron chi connectivity index (χ2n) is 2.96. The van der Waals surface area contributed by atoms with E-state index in [0.29, 0.717) is 5.71 Å². The molecule has 1 amide bonds. The van der Waals surface area contributed by atoms with Crippen LogP contribution in [0.15, 0.2) is 16.5 Å². The third-order valence-electron chi connectivity index (χ3n) is 1.96. The molecule has 0 aromatic carbocycles. The highest BCUT2D eigenvalue weighted by molar-refractivity contribution is 8.04. The van der Waals surface area contributed by atoms with Crippen LogP contribution < -0.4 is 0 Å². The quantitative estimate of drug-likeness (QED) is 0.704. The number of aliphatic carboxylic acids is 1. The van der Waals surface area contributed by atoms with E-state index in [2.05, 4.69) is 4.99 Å². The molecule has 0 fully saturated rings. The van der Waals surface area contributed by atoms with Crippen molar-refractivity contribution in [3.63, 3.8) is 0 Å². The van der Waals surface area contributed by atoms with Crippen molar-refractivity contribution in [1.29, 1.82) is 0 Å². The minimum absolute atomic E-state index is 0.0285. The number of carbonyl (C=O) groups excluding carboxylic acids is 1. The molecule has 2 aliphatic heterocycles. The Morgan fingerprint density at radius 2 is 2.47 bits per heavy atom. The number of carbonyl (C=O) groups is 2. The molecule has 0 saturated carbocycles. The van der Waals surface area contributed by atoms with Gasteiger partial charge in [0, 0.05) is 0 Å². The molecule has 0 bridgehead atoms. The summed E-state index contributed by atoms with van der Waals surface area (Å²) in [5, 5.41) is 9.98. The monoisotopic (exact) mass is 242 g/mol.